The highest BCUT2D eigenvalue weighted by molar-refractivity contribution is 6.00. The molecule has 0 aliphatic carbocycles. The first-order valence-corrected chi connectivity index (χ1v) is 12.1. The van der Waals surface area contributed by atoms with E-state index in [4.69, 9.17) is 4.74 Å². The Bertz CT molecular complexity index is 1260. The molecular weight excluding hydrogens is 454 g/mol. The van der Waals surface area contributed by atoms with Crippen molar-refractivity contribution in [3.05, 3.63) is 77.4 Å². The number of aryl methyl sites for hydroxylation is 2. The Morgan fingerprint density at radius 3 is 2.25 bits per heavy atom. The van der Waals surface area contributed by atoms with E-state index >= 15 is 0 Å². The molecule has 1 unspecified atom stereocenters. The van der Waals surface area contributed by atoms with Gasteiger partial charge >= 0.3 is 6.09 Å². The van der Waals surface area contributed by atoms with E-state index < -0.39 is 17.7 Å². The Hall–Kier alpha value is -3.87. The number of benzene rings is 3. The molecule has 0 radical (unpaired) electrons. The van der Waals surface area contributed by atoms with Crippen LogP contribution in [-0.2, 0) is 14.3 Å². The summed E-state index contributed by atoms with van der Waals surface area (Å²) in [6.45, 7) is 11.0. The van der Waals surface area contributed by atoms with Crippen LogP contribution in [0.4, 0.5) is 10.5 Å². The average Bonchev–Trinajstić information content (AvgIpc) is 2.81. The van der Waals surface area contributed by atoms with E-state index in [1.54, 1.807) is 20.8 Å². The molecule has 0 saturated carbocycles. The largest absolute Gasteiger partial charge is 0.444 e. The molecule has 2 N–H and O–H groups in total. The van der Waals surface area contributed by atoms with Crippen molar-refractivity contribution < 1.29 is 19.1 Å². The van der Waals surface area contributed by atoms with Gasteiger partial charge in [0, 0.05) is 12.2 Å². The standard InChI is InChI=1S/C29H35N3O4/c1-7-32(25(33)18-30-28(35)36-29(4,5)6)26(23-13-12-19(2)20(3)16-23)27(34)31-24-15-14-21-10-8-9-11-22(21)17-24/h8-17,26H,7,18H2,1-6H3,(H,30,35)(H,31,34). The van der Waals surface area contributed by atoms with E-state index in [-0.39, 0.29) is 24.9 Å². The fourth-order valence-corrected chi connectivity index (χ4v) is 3.95. The highest BCUT2D eigenvalue weighted by Gasteiger charge is 2.31. The first-order chi connectivity index (χ1) is 17.0. The molecule has 0 saturated heterocycles. The molecular formula is C29H35N3O4. The minimum absolute atomic E-state index is 0.275. The van der Waals surface area contributed by atoms with Gasteiger partial charge in [0.05, 0.1) is 0 Å². The third-order valence-electron chi connectivity index (χ3n) is 5.87. The van der Waals surface area contributed by atoms with Gasteiger partial charge in [0.1, 0.15) is 18.2 Å². The highest BCUT2D eigenvalue weighted by atomic mass is 16.6. The van der Waals surface area contributed by atoms with Gasteiger partial charge in [0.15, 0.2) is 0 Å². The molecule has 0 aliphatic heterocycles. The summed E-state index contributed by atoms with van der Waals surface area (Å²) in [7, 11) is 0. The van der Waals surface area contributed by atoms with E-state index in [2.05, 4.69) is 10.6 Å². The maximum absolute atomic E-state index is 13.7. The van der Waals surface area contributed by atoms with Crippen LogP contribution < -0.4 is 10.6 Å². The van der Waals surface area contributed by atoms with Crippen LogP contribution in [0.3, 0.4) is 0 Å². The lowest BCUT2D eigenvalue weighted by molar-refractivity contribution is -0.138. The van der Waals surface area contributed by atoms with E-state index in [0.29, 0.717) is 11.3 Å². The number of alkyl carbamates (subject to hydrolysis) is 1. The summed E-state index contributed by atoms with van der Waals surface area (Å²) < 4.78 is 5.24. The number of rotatable bonds is 7. The first kappa shape index (κ1) is 26.7. The number of nitrogens with one attached hydrogen (secondary N) is 2. The van der Waals surface area contributed by atoms with E-state index in [0.717, 1.165) is 21.9 Å². The second kappa shape index (κ2) is 11.2. The number of likely N-dealkylation sites (N-methyl/N-ethyl adjacent to an activating group) is 1. The Kier molecular flexibility index (Phi) is 8.35. The lowest BCUT2D eigenvalue weighted by atomic mass is 9.98. The van der Waals surface area contributed by atoms with Crippen molar-refractivity contribution in [3.63, 3.8) is 0 Å². The number of nitrogens with zero attached hydrogens (tertiary/aromatic N) is 1. The maximum atomic E-state index is 13.7. The van der Waals surface area contributed by atoms with Gasteiger partial charge in [-0.2, -0.15) is 0 Å². The zero-order valence-corrected chi connectivity index (χ0v) is 21.8. The molecule has 36 heavy (non-hydrogen) atoms. The van der Waals surface area contributed by atoms with Crippen LogP contribution in [0.2, 0.25) is 0 Å². The summed E-state index contributed by atoms with van der Waals surface area (Å²) >= 11 is 0. The Balaban J connectivity index is 1.88. The number of fused-ring (bicyclic) bond motifs is 1. The molecule has 1 atom stereocenters. The Morgan fingerprint density at radius 1 is 0.917 bits per heavy atom. The summed E-state index contributed by atoms with van der Waals surface area (Å²) in [6, 6.07) is 18.5. The van der Waals surface area contributed by atoms with Crippen molar-refractivity contribution in [1.82, 2.24) is 10.2 Å². The molecule has 0 spiro atoms. The predicted molar refractivity (Wildman–Crippen MR) is 143 cm³/mol. The molecule has 0 heterocycles. The van der Waals surface area contributed by atoms with Crippen LogP contribution in [0.1, 0.15) is 50.4 Å². The Morgan fingerprint density at radius 2 is 1.61 bits per heavy atom. The number of carbonyl (C=O) groups excluding carboxylic acids is 3. The van der Waals surface area contributed by atoms with Crippen molar-refractivity contribution >= 4 is 34.4 Å². The first-order valence-electron chi connectivity index (χ1n) is 12.1. The summed E-state index contributed by atoms with van der Waals surface area (Å²) in [5, 5.41) is 7.56. The van der Waals surface area contributed by atoms with Crippen molar-refractivity contribution in [2.45, 2.75) is 53.2 Å². The molecule has 3 aromatic rings. The van der Waals surface area contributed by atoms with Crippen molar-refractivity contribution in [2.75, 3.05) is 18.4 Å². The maximum Gasteiger partial charge on any atom is 0.408 e. The zero-order chi connectivity index (χ0) is 26.5. The van der Waals surface area contributed by atoms with Gasteiger partial charge in [-0.15, -0.1) is 0 Å². The van der Waals surface area contributed by atoms with Crippen molar-refractivity contribution in [2.24, 2.45) is 0 Å². The summed E-state index contributed by atoms with van der Waals surface area (Å²) in [5.41, 5.74) is 2.77. The molecule has 0 fully saturated rings. The normalized spacial score (nSPS) is 12.1. The number of carbonyl (C=O) groups is 3. The van der Waals surface area contributed by atoms with Crippen LogP contribution in [0, 0.1) is 13.8 Å². The topological polar surface area (TPSA) is 87.7 Å². The quantitative estimate of drug-likeness (QED) is 0.458. The number of hydrogen-bond acceptors (Lipinski definition) is 4. The smallest absolute Gasteiger partial charge is 0.408 e. The SMILES string of the molecule is CCN(C(=O)CNC(=O)OC(C)(C)C)C(C(=O)Nc1ccc2ccccc2c1)c1ccc(C)c(C)c1. The molecule has 7 heteroatoms. The second-order valence-electron chi connectivity index (χ2n) is 9.83. The van der Waals surface area contributed by atoms with Crippen LogP contribution in [0.15, 0.2) is 60.7 Å². The summed E-state index contributed by atoms with van der Waals surface area (Å²) in [6.07, 6.45) is -0.685. The van der Waals surface area contributed by atoms with E-state index in [1.807, 2.05) is 81.4 Å². The monoisotopic (exact) mass is 489 g/mol. The molecule has 0 aliphatic rings. The van der Waals surface area contributed by atoms with Crippen LogP contribution >= 0.6 is 0 Å². The molecule has 3 aromatic carbocycles. The van der Waals surface area contributed by atoms with Crippen molar-refractivity contribution in [3.8, 4) is 0 Å². The lowest BCUT2D eigenvalue weighted by Gasteiger charge is -2.31. The molecule has 3 rings (SSSR count). The van der Waals surface area contributed by atoms with Gasteiger partial charge < -0.3 is 20.3 Å². The molecule has 0 bridgehead atoms. The van der Waals surface area contributed by atoms with Gasteiger partial charge in [-0.25, -0.2) is 4.79 Å². The minimum Gasteiger partial charge on any atom is -0.444 e. The summed E-state index contributed by atoms with van der Waals surface area (Å²) in [5.74, 6) is -0.721. The Labute approximate surface area is 212 Å². The molecule has 3 amide bonds. The van der Waals surface area contributed by atoms with Gasteiger partial charge in [0.2, 0.25) is 5.91 Å². The minimum atomic E-state index is -0.881. The van der Waals surface area contributed by atoms with Gasteiger partial charge in [0.25, 0.3) is 5.91 Å². The third kappa shape index (κ3) is 6.84. The summed E-state index contributed by atoms with van der Waals surface area (Å²) in [4.78, 5) is 40.4. The van der Waals surface area contributed by atoms with Gasteiger partial charge in [-0.1, -0.05) is 48.5 Å². The molecule has 190 valence electrons. The third-order valence-corrected chi connectivity index (χ3v) is 5.87. The average molecular weight is 490 g/mol. The predicted octanol–water partition coefficient (Wildman–Crippen LogP) is 5.51. The van der Waals surface area contributed by atoms with Gasteiger partial charge in [-0.3, -0.25) is 9.59 Å². The van der Waals surface area contributed by atoms with E-state index in [1.165, 1.54) is 4.90 Å². The highest BCUT2D eigenvalue weighted by Crippen LogP contribution is 2.26. The lowest BCUT2D eigenvalue weighted by Crippen LogP contribution is -2.46. The molecule has 7 nitrogen and oxygen atoms in total. The number of anilines is 1. The fraction of sp³-hybridized carbons (Fsp3) is 0.345. The van der Waals surface area contributed by atoms with Gasteiger partial charge in [-0.05, 0) is 81.1 Å². The van der Waals surface area contributed by atoms with Crippen LogP contribution in [-0.4, -0.2) is 41.5 Å². The van der Waals surface area contributed by atoms with E-state index in [9.17, 15) is 14.4 Å². The zero-order valence-electron chi connectivity index (χ0n) is 21.8. The number of ether oxygens (including phenoxy) is 1. The second-order valence-corrected chi connectivity index (χ2v) is 9.83. The molecule has 0 aromatic heterocycles. The van der Waals surface area contributed by atoms with Crippen molar-refractivity contribution in [1.29, 1.82) is 0 Å². The number of hydrogen-bond donors (Lipinski definition) is 2. The van der Waals surface area contributed by atoms with Crippen LogP contribution in [0.25, 0.3) is 10.8 Å². The number of amides is 3. The van der Waals surface area contributed by atoms with Crippen LogP contribution in [0.5, 0.6) is 0 Å². The fourth-order valence-electron chi connectivity index (χ4n) is 3.95.